The number of aromatic nitrogens is 3. The van der Waals surface area contributed by atoms with Crippen molar-refractivity contribution in [1.29, 1.82) is 0 Å². The summed E-state index contributed by atoms with van der Waals surface area (Å²) in [6, 6.07) is 0.496. The summed E-state index contributed by atoms with van der Waals surface area (Å²) in [5, 5.41) is 3.61. The minimum absolute atomic E-state index is 0.496. The second-order valence-corrected chi connectivity index (χ2v) is 7.04. The molecule has 1 saturated heterocycles. The molecule has 23 heavy (non-hydrogen) atoms. The fourth-order valence-electron chi connectivity index (χ4n) is 3.44. The molecule has 0 amide bonds. The number of rotatable bonds is 6. The van der Waals surface area contributed by atoms with Gasteiger partial charge in [-0.3, -0.25) is 0 Å². The smallest absolute Gasteiger partial charge is 0.230 e. The molecule has 1 aromatic rings. The van der Waals surface area contributed by atoms with Crippen molar-refractivity contribution in [1.82, 2.24) is 15.0 Å². The zero-order valence-electron chi connectivity index (χ0n) is 14.0. The summed E-state index contributed by atoms with van der Waals surface area (Å²) < 4.78 is 5.45. The molecular formula is C17H27N5O. The Hall–Kier alpha value is -1.43. The molecule has 6 heteroatoms. The lowest BCUT2D eigenvalue weighted by molar-refractivity contribution is 0.122. The second kappa shape index (κ2) is 6.59. The van der Waals surface area contributed by atoms with E-state index in [2.05, 4.69) is 17.1 Å². The van der Waals surface area contributed by atoms with Gasteiger partial charge in [0.1, 0.15) is 5.82 Å². The molecule has 3 fully saturated rings. The van der Waals surface area contributed by atoms with Gasteiger partial charge in [-0.1, -0.05) is 13.3 Å². The maximum absolute atomic E-state index is 5.45. The van der Waals surface area contributed by atoms with E-state index in [-0.39, 0.29) is 0 Å². The third kappa shape index (κ3) is 3.42. The van der Waals surface area contributed by atoms with Gasteiger partial charge < -0.3 is 15.0 Å². The summed E-state index contributed by atoms with van der Waals surface area (Å²) in [7, 11) is 0. The van der Waals surface area contributed by atoms with Gasteiger partial charge in [-0.15, -0.1) is 0 Å². The van der Waals surface area contributed by atoms with Crippen molar-refractivity contribution in [2.45, 2.75) is 57.4 Å². The van der Waals surface area contributed by atoms with E-state index in [1.54, 1.807) is 0 Å². The SMILES string of the molecule is CCC(Nc1nc(C2CC2)nc(N2CCOCC2)n1)C1CCC1. The van der Waals surface area contributed by atoms with Gasteiger partial charge in [-0.2, -0.15) is 15.0 Å². The zero-order chi connectivity index (χ0) is 15.6. The summed E-state index contributed by atoms with van der Waals surface area (Å²) in [6.07, 6.45) is 7.59. The fraction of sp³-hybridized carbons (Fsp3) is 0.824. The van der Waals surface area contributed by atoms with Crippen LogP contribution in [0.4, 0.5) is 11.9 Å². The lowest BCUT2D eigenvalue weighted by Gasteiger charge is -2.34. The predicted molar refractivity (Wildman–Crippen MR) is 89.9 cm³/mol. The molecule has 0 spiro atoms. The van der Waals surface area contributed by atoms with Crippen LogP contribution in [0.3, 0.4) is 0 Å². The fourth-order valence-corrected chi connectivity index (χ4v) is 3.44. The second-order valence-electron chi connectivity index (χ2n) is 7.04. The third-order valence-electron chi connectivity index (χ3n) is 5.35. The Morgan fingerprint density at radius 3 is 2.52 bits per heavy atom. The normalized spacial score (nSPS) is 23.4. The summed E-state index contributed by atoms with van der Waals surface area (Å²) in [6.45, 7) is 5.50. The van der Waals surface area contributed by atoms with Gasteiger partial charge >= 0.3 is 0 Å². The van der Waals surface area contributed by atoms with Crippen LogP contribution in [0, 0.1) is 5.92 Å². The molecule has 1 N–H and O–H groups in total. The van der Waals surface area contributed by atoms with Crippen LogP contribution in [0.25, 0.3) is 0 Å². The van der Waals surface area contributed by atoms with Gasteiger partial charge in [0.25, 0.3) is 0 Å². The molecule has 2 heterocycles. The molecule has 1 unspecified atom stereocenters. The van der Waals surface area contributed by atoms with Crippen molar-refractivity contribution in [2.75, 3.05) is 36.5 Å². The molecule has 6 nitrogen and oxygen atoms in total. The van der Waals surface area contributed by atoms with E-state index in [0.29, 0.717) is 12.0 Å². The van der Waals surface area contributed by atoms with Gasteiger partial charge in [0.05, 0.1) is 13.2 Å². The Balaban J connectivity index is 1.55. The highest BCUT2D eigenvalue weighted by Gasteiger charge is 2.30. The minimum atomic E-state index is 0.496. The van der Waals surface area contributed by atoms with Crippen molar-refractivity contribution in [3.05, 3.63) is 5.82 Å². The molecule has 1 aromatic heterocycles. The number of hydrogen-bond donors (Lipinski definition) is 1. The number of anilines is 2. The summed E-state index contributed by atoms with van der Waals surface area (Å²) in [4.78, 5) is 16.4. The standard InChI is InChI=1S/C17H27N5O/c1-2-14(12-4-3-5-12)18-16-19-15(13-6-7-13)20-17(21-16)22-8-10-23-11-9-22/h12-14H,2-11H2,1H3,(H,18,19,20,21). The maximum atomic E-state index is 5.45. The quantitative estimate of drug-likeness (QED) is 0.870. The summed E-state index contributed by atoms with van der Waals surface area (Å²) in [5.74, 6) is 3.92. The summed E-state index contributed by atoms with van der Waals surface area (Å²) >= 11 is 0. The van der Waals surface area contributed by atoms with Crippen molar-refractivity contribution < 1.29 is 4.74 Å². The third-order valence-corrected chi connectivity index (χ3v) is 5.35. The average molecular weight is 317 g/mol. The number of morpholine rings is 1. The first-order chi connectivity index (χ1) is 11.3. The van der Waals surface area contributed by atoms with Crippen LogP contribution in [0.2, 0.25) is 0 Å². The lowest BCUT2D eigenvalue weighted by Crippen LogP contribution is -2.38. The van der Waals surface area contributed by atoms with Crippen LogP contribution < -0.4 is 10.2 Å². The maximum Gasteiger partial charge on any atom is 0.230 e. The molecule has 1 atom stereocenters. The number of nitrogens with zero attached hydrogens (tertiary/aromatic N) is 4. The monoisotopic (exact) mass is 317 g/mol. The predicted octanol–water partition coefficient (Wildman–Crippen LogP) is 2.58. The highest BCUT2D eigenvalue weighted by Crippen LogP contribution is 2.39. The Labute approximate surface area is 138 Å². The topological polar surface area (TPSA) is 63.2 Å². The van der Waals surface area contributed by atoms with E-state index in [4.69, 9.17) is 19.7 Å². The van der Waals surface area contributed by atoms with E-state index in [1.807, 2.05) is 0 Å². The molecule has 4 rings (SSSR count). The van der Waals surface area contributed by atoms with Crippen molar-refractivity contribution in [3.63, 3.8) is 0 Å². The van der Waals surface area contributed by atoms with Crippen LogP contribution >= 0.6 is 0 Å². The molecule has 0 radical (unpaired) electrons. The van der Waals surface area contributed by atoms with Gasteiger partial charge in [0.15, 0.2) is 0 Å². The molecule has 126 valence electrons. The van der Waals surface area contributed by atoms with Crippen molar-refractivity contribution in [3.8, 4) is 0 Å². The van der Waals surface area contributed by atoms with Gasteiger partial charge in [-0.05, 0) is 38.0 Å². The molecule has 1 aliphatic heterocycles. The van der Waals surface area contributed by atoms with Crippen LogP contribution in [0.5, 0.6) is 0 Å². The molecule has 3 aliphatic rings. The highest BCUT2D eigenvalue weighted by atomic mass is 16.5. The Morgan fingerprint density at radius 1 is 1.13 bits per heavy atom. The highest BCUT2D eigenvalue weighted by molar-refractivity contribution is 5.39. The minimum Gasteiger partial charge on any atom is -0.378 e. The van der Waals surface area contributed by atoms with Crippen LogP contribution in [0.15, 0.2) is 0 Å². The van der Waals surface area contributed by atoms with Gasteiger partial charge in [0, 0.05) is 25.0 Å². The van der Waals surface area contributed by atoms with Gasteiger partial charge in [-0.25, -0.2) is 0 Å². The number of nitrogens with one attached hydrogen (secondary N) is 1. The van der Waals surface area contributed by atoms with Crippen molar-refractivity contribution >= 4 is 11.9 Å². The molecule has 2 aliphatic carbocycles. The van der Waals surface area contributed by atoms with Gasteiger partial charge in [0.2, 0.25) is 11.9 Å². The first-order valence-corrected chi connectivity index (χ1v) is 9.18. The average Bonchev–Trinajstić information content (AvgIpc) is 3.38. The molecular weight excluding hydrogens is 290 g/mol. The largest absolute Gasteiger partial charge is 0.378 e. The first kappa shape index (κ1) is 15.1. The Morgan fingerprint density at radius 2 is 1.91 bits per heavy atom. The van der Waals surface area contributed by atoms with Crippen LogP contribution in [-0.2, 0) is 4.74 Å². The molecule has 0 aromatic carbocycles. The summed E-state index contributed by atoms with van der Waals surface area (Å²) in [5.41, 5.74) is 0. The Kier molecular flexibility index (Phi) is 4.33. The first-order valence-electron chi connectivity index (χ1n) is 9.18. The zero-order valence-corrected chi connectivity index (χ0v) is 14.0. The van der Waals surface area contributed by atoms with E-state index >= 15 is 0 Å². The number of ether oxygens (including phenoxy) is 1. The van der Waals surface area contributed by atoms with Crippen molar-refractivity contribution in [2.24, 2.45) is 5.92 Å². The van der Waals surface area contributed by atoms with Crippen LogP contribution in [0.1, 0.15) is 57.2 Å². The molecule has 0 bridgehead atoms. The lowest BCUT2D eigenvalue weighted by atomic mass is 9.79. The van der Waals surface area contributed by atoms with E-state index in [0.717, 1.165) is 56.4 Å². The Bertz CT molecular complexity index is 538. The van der Waals surface area contributed by atoms with Crippen LogP contribution in [-0.4, -0.2) is 47.3 Å². The van der Waals surface area contributed by atoms with E-state index in [1.165, 1.54) is 32.1 Å². The van der Waals surface area contributed by atoms with E-state index in [9.17, 15) is 0 Å². The van der Waals surface area contributed by atoms with E-state index < -0.39 is 0 Å². The molecule has 2 saturated carbocycles. The number of hydrogen-bond acceptors (Lipinski definition) is 6.